The third-order valence-corrected chi connectivity index (χ3v) is 4.06. The number of nitrogens with one attached hydrogen (secondary N) is 2. The molecule has 0 fully saturated rings. The van der Waals surface area contributed by atoms with Gasteiger partial charge in [0.2, 0.25) is 0 Å². The van der Waals surface area contributed by atoms with E-state index < -0.39 is 0 Å². The van der Waals surface area contributed by atoms with Gasteiger partial charge in [-0.15, -0.1) is 0 Å². The van der Waals surface area contributed by atoms with Crippen molar-refractivity contribution in [1.82, 2.24) is 5.32 Å². The molecule has 0 saturated heterocycles. The summed E-state index contributed by atoms with van der Waals surface area (Å²) in [5.41, 5.74) is 4.75. The van der Waals surface area contributed by atoms with Gasteiger partial charge in [-0.3, -0.25) is 0 Å². The SMILES string of the molecule is CCOc1ccccc1CCCNC(=S)Nc1ccc(C)cc1C. The zero-order valence-corrected chi connectivity index (χ0v) is 15.5. The number of hydrogen-bond acceptors (Lipinski definition) is 2. The zero-order chi connectivity index (χ0) is 17.4. The predicted octanol–water partition coefficient (Wildman–Crippen LogP) is 4.62. The van der Waals surface area contributed by atoms with Gasteiger partial charge in [0.25, 0.3) is 0 Å². The van der Waals surface area contributed by atoms with Crippen LogP contribution in [0, 0.1) is 13.8 Å². The maximum absolute atomic E-state index is 5.66. The van der Waals surface area contributed by atoms with Crippen molar-refractivity contribution in [3.8, 4) is 5.75 Å². The molecule has 0 bridgehead atoms. The molecule has 2 aromatic rings. The highest BCUT2D eigenvalue weighted by Gasteiger charge is 2.04. The molecule has 0 saturated carbocycles. The van der Waals surface area contributed by atoms with Crippen molar-refractivity contribution < 1.29 is 4.74 Å². The number of rotatable bonds is 7. The van der Waals surface area contributed by atoms with Crippen LogP contribution in [0.2, 0.25) is 0 Å². The minimum absolute atomic E-state index is 0.667. The van der Waals surface area contributed by atoms with Gasteiger partial charge < -0.3 is 15.4 Å². The number of thiocarbonyl (C=S) groups is 1. The lowest BCUT2D eigenvalue weighted by Crippen LogP contribution is -2.29. The lowest BCUT2D eigenvalue weighted by atomic mass is 10.1. The molecule has 0 aliphatic carbocycles. The summed E-state index contributed by atoms with van der Waals surface area (Å²) in [6.07, 6.45) is 1.97. The van der Waals surface area contributed by atoms with E-state index in [1.165, 1.54) is 16.7 Å². The van der Waals surface area contributed by atoms with Crippen LogP contribution >= 0.6 is 12.2 Å². The van der Waals surface area contributed by atoms with E-state index in [1.807, 2.05) is 19.1 Å². The summed E-state index contributed by atoms with van der Waals surface area (Å²) in [5.74, 6) is 0.982. The maximum Gasteiger partial charge on any atom is 0.170 e. The first-order valence-corrected chi connectivity index (χ1v) is 8.83. The van der Waals surface area contributed by atoms with E-state index >= 15 is 0 Å². The predicted molar refractivity (Wildman–Crippen MR) is 106 cm³/mol. The third-order valence-electron chi connectivity index (χ3n) is 3.81. The van der Waals surface area contributed by atoms with Gasteiger partial charge in [-0.1, -0.05) is 35.9 Å². The molecule has 0 heterocycles. The average Bonchev–Trinajstić information content (AvgIpc) is 2.56. The molecule has 0 amide bonds. The van der Waals surface area contributed by atoms with Crippen molar-refractivity contribution in [1.29, 1.82) is 0 Å². The third kappa shape index (κ3) is 5.53. The number of hydrogen-bond donors (Lipinski definition) is 2. The van der Waals surface area contributed by atoms with Gasteiger partial charge >= 0.3 is 0 Å². The summed E-state index contributed by atoms with van der Waals surface area (Å²) in [7, 11) is 0. The number of para-hydroxylation sites is 1. The van der Waals surface area contributed by atoms with Crippen molar-refractivity contribution in [2.75, 3.05) is 18.5 Å². The Morgan fingerprint density at radius 2 is 1.92 bits per heavy atom. The first-order chi connectivity index (χ1) is 11.6. The lowest BCUT2D eigenvalue weighted by molar-refractivity contribution is 0.336. The Balaban J connectivity index is 1.77. The molecule has 0 unspecified atom stereocenters. The molecule has 0 radical (unpaired) electrons. The van der Waals surface area contributed by atoms with Gasteiger partial charge in [0.1, 0.15) is 5.75 Å². The number of benzene rings is 2. The van der Waals surface area contributed by atoms with Gasteiger partial charge in [-0.2, -0.15) is 0 Å². The van der Waals surface area contributed by atoms with E-state index in [0.29, 0.717) is 11.7 Å². The Bertz CT molecular complexity index is 685. The highest BCUT2D eigenvalue weighted by molar-refractivity contribution is 7.80. The van der Waals surface area contributed by atoms with Crippen LogP contribution in [0.25, 0.3) is 0 Å². The molecular weight excluding hydrogens is 316 g/mol. The fourth-order valence-electron chi connectivity index (χ4n) is 2.61. The average molecular weight is 343 g/mol. The topological polar surface area (TPSA) is 33.3 Å². The lowest BCUT2D eigenvalue weighted by Gasteiger charge is -2.13. The largest absolute Gasteiger partial charge is 0.494 e. The molecule has 0 aliphatic rings. The minimum atomic E-state index is 0.667. The first kappa shape index (κ1) is 18.3. The van der Waals surface area contributed by atoms with Crippen LogP contribution in [0.5, 0.6) is 5.75 Å². The van der Waals surface area contributed by atoms with Crippen LogP contribution in [0.1, 0.15) is 30.0 Å². The van der Waals surface area contributed by atoms with Gasteiger partial charge in [0.05, 0.1) is 6.61 Å². The van der Waals surface area contributed by atoms with E-state index in [2.05, 4.69) is 54.8 Å². The summed E-state index contributed by atoms with van der Waals surface area (Å²) < 4.78 is 5.66. The Morgan fingerprint density at radius 3 is 2.67 bits per heavy atom. The van der Waals surface area contributed by atoms with Gasteiger partial charge in [0, 0.05) is 12.2 Å². The summed E-state index contributed by atoms with van der Waals surface area (Å²) in [4.78, 5) is 0. The number of ether oxygens (including phenoxy) is 1. The molecule has 4 heteroatoms. The fourth-order valence-corrected chi connectivity index (χ4v) is 2.82. The van der Waals surface area contributed by atoms with E-state index in [1.54, 1.807) is 0 Å². The standard InChI is InChI=1S/C20H26N2OS/c1-4-23-19-10-6-5-8-17(19)9-7-13-21-20(24)22-18-12-11-15(2)14-16(18)3/h5-6,8,10-12,14H,4,7,9,13H2,1-3H3,(H2,21,22,24). The van der Waals surface area contributed by atoms with Crippen LogP contribution in [-0.2, 0) is 6.42 Å². The van der Waals surface area contributed by atoms with E-state index in [4.69, 9.17) is 17.0 Å². The molecule has 128 valence electrons. The van der Waals surface area contributed by atoms with E-state index in [-0.39, 0.29) is 0 Å². The van der Waals surface area contributed by atoms with Gasteiger partial charge in [0.15, 0.2) is 5.11 Å². The molecule has 0 aromatic heterocycles. The first-order valence-electron chi connectivity index (χ1n) is 8.43. The highest BCUT2D eigenvalue weighted by Crippen LogP contribution is 2.19. The van der Waals surface area contributed by atoms with Gasteiger partial charge in [-0.05, 0) is 69.1 Å². The fraction of sp³-hybridized carbons (Fsp3) is 0.350. The van der Waals surface area contributed by atoms with Crippen LogP contribution in [0.3, 0.4) is 0 Å². The summed E-state index contributed by atoms with van der Waals surface area (Å²) >= 11 is 5.38. The highest BCUT2D eigenvalue weighted by atomic mass is 32.1. The van der Waals surface area contributed by atoms with Crippen LogP contribution in [-0.4, -0.2) is 18.3 Å². The quantitative estimate of drug-likeness (QED) is 0.568. The Kier molecular flexibility index (Phi) is 7.07. The van der Waals surface area contributed by atoms with Crippen LogP contribution in [0.15, 0.2) is 42.5 Å². The monoisotopic (exact) mass is 342 g/mol. The molecule has 2 aromatic carbocycles. The molecule has 24 heavy (non-hydrogen) atoms. The van der Waals surface area contributed by atoms with Crippen LogP contribution in [0.4, 0.5) is 5.69 Å². The zero-order valence-electron chi connectivity index (χ0n) is 14.7. The Morgan fingerprint density at radius 1 is 1.12 bits per heavy atom. The molecule has 0 spiro atoms. The van der Waals surface area contributed by atoms with Crippen molar-refractivity contribution in [3.63, 3.8) is 0 Å². The molecule has 2 rings (SSSR count). The minimum Gasteiger partial charge on any atom is -0.494 e. The van der Waals surface area contributed by atoms with Crippen molar-refractivity contribution in [2.24, 2.45) is 0 Å². The van der Waals surface area contributed by atoms with Gasteiger partial charge in [-0.25, -0.2) is 0 Å². The summed E-state index contributed by atoms with van der Waals surface area (Å²) in [6.45, 7) is 7.71. The second-order valence-corrected chi connectivity index (χ2v) is 6.25. The molecule has 3 nitrogen and oxygen atoms in total. The van der Waals surface area contributed by atoms with E-state index in [9.17, 15) is 0 Å². The maximum atomic E-state index is 5.66. The second kappa shape index (κ2) is 9.28. The van der Waals surface area contributed by atoms with Crippen molar-refractivity contribution >= 4 is 23.0 Å². The summed E-state index contributed by atoms with van der Waals surface area (Å²) in [5, 5.41) is 7.20. The molecular formula is C20H26N2OS. The number of anilines is 1. The van der Waals surface area contributed by atoms with Crippen molar-refractivity contribution in [3.05, 3.63) is 59.2 Å². The summed E-state index contributed by atoms with van der Waals surface area (Å²) in [6, 6.07) is 14.5. The van der Waals surface area contributed by atoms with E-state index in [0.717, 1.165) is 30.8 Å². The van der Waals surface area contributed by atoms with Crippen LogP contribution < -0.4 is 15.4 Å². The Hall–Kier alpha value is -2.07. The van der Waals surface area contributed by atoms with Crippen molar-refractivity contribution in [2.45, 2.75) is 33.6 Å². The Labute approximate surface area is 150 Å². The molecule has 0 atom stereocenters. The second-order valence-electron chi connectivity index (χ2n) is 5.84. The molecule has 2 N–H and O–H groups in total. The normalized spacial score (nSPS) is 10.3. The molecule has 0 aliphatic heterocycles. The number of aryl methyl sites for hydroxylation is 3. The smallest absolute Gasteiger partial charge is 0.170 e.